The molecule has 4 heteroatoms. The molecule has 0 atom stereocenters. The van der Waals surface area contributed by atoms with Crippen LogP contribution >= 0.6 is 0 Å². The fourth-order valence-corrected chi connectivity index (χ4v) is 1.84. The van der Waals surface area contributed by atoms with Crippen LogP contribution in [-0.2, 0) is 6.54 Å². The van der Waals surface area contributed by atoms with Gasteiger partial charge >= 0.3 is 0 Å². The predicted molar refractivity (Wildman–Crippen MR) is 62.9 cm³/mol. The lowest BCUT2D eigenvalue weighted by Crippen LogP contribution is -1.99. The van der Waals surface area contributed by atoms with E-state index in [0.29, 0.717) is 18.6 Å². The summed E-state index contributed by atoms with van der Waals surface area (Å²) in [6, 6.07) is 11.4. The molecule has 0 aliphatic heterocycles. The average molecular weight is 226 g/mol. The lowest BCUT2D eigenvalue weighted by atomic mass is 10.2. The van der Waals surface area contributed by atoms with E-state index in [2.05, 4.69) is 5.10 Å². The van der Waals surface area contributed by atoms with Crippen molar-refractivity contribution in [2.45, 2.75) is 6.54 Å². The van der Waals surface area contributed by atoms with E-state index in [1.54, 1.807) is 12.1 Å². The molecule has 0 saturated heterocycles. The topological polar surface area (TPSA) is 48.0 Å². The number of aldehydes is 1. The second kappa shape index (κ2) is 3.90. The number of hydrogen-bond donors (Lipinski definition) is 0. The van der Waals surface area contributed by atoms with E-state index in [1.165, 1.54) is 0 Å². The van der Waals surface area contributed by atoms with Crippen LogP contribution < -0.4 is 0 Å². The van der Waals surface area contributed by atoms with Crippen molar-refractivity contribution >= 4 is 17.2 Å². The number of aromatic nitrogens is 2. The summed E-state index contributed by atoms with van der Waals surface area (Å²) >= 11 is 0. The zero-order valence-electron chi connectivity index (χ0n) is 9.04. The molecule has 0 fully saturated rings. The molecule has 17 heavy (non-hydrogen) atoms. The highest BCUT2D eigenvalue weighted by Gasteiger charge is 2.05. The molecule has 0 spiro atoms. The maximum absolute atomic E-state index is 10.5. The Labute approximate surface area is 97.5 Å². The summed E-state index contributed by atoms with van der Waals surface area (Å²) in [4.78, 5) is 10.5. The van der Waals surface area contributed by atoms with Crippen molar-refractivity contribution in [2.75, 3.05) is 0 Å². The number of carbonyl (C=O) groups is 1. The molecule has 4 nitrogen and oxygen atoms in total. The molecular weight excluding hydrogens is 216 g/mol. The molecule has 0 unspecified atom stereocenters. The van der Waals surface area contributed by atoms with Crippen molar-refractivity contribution in [3.8, 4) is 0 Å². The largest absolute Gasteiger partial charge is 0.456 e. The summed E-state index contributed by atoms with van der Waals surface area (Å²) in [5.41, 5.74) is 1.05. The Balaban J connectivity index is 1.96. The van der Waals surface area contributed by atoms with E-state index in [0.717, 1.165) is 16.7 Å². The van der Waals surface area contributed by atoms with Gasteiger partial charge in [-0.05, 0) is 18.2 Å². The first-order chi connectivity index (χ1) is 8.36. The number of benzene rings is 1. The molecular formula is C13H10N2O2. The Hall–Kier alpha value is -2.36. The normalized spacial score (nSPS) is 10.8. The van der Waals surface area contributed by atoms with Crippen molar-refractivity contribution in [1.82, 2.24) is 9.78 Å². The third-order valence-electron chi connectivity index (χ3n) is 2.66. The van der Waals surface area contributed by atoms with Gasteiger partial charge in [-0.1, -0.05) is 18.2 Å². The number of rotatable bonds is 3. The van der Waals surface area contributed by atoms with E-state index in [9.17, 15) is 4.79 Å². The first-order valence-electron chi connectivity index (χ1n) is 5.31. The van der Waals surface area contributed by atoms with Gasteiger partial charge in [-0.3, -0.25) is 9.48 Å². The fourth-order valence-electron chi connectivity index (χ4n) is 1.84. The molecule has 0 radical (unpaired) electrons. The van der Waals surface area contributed by atoms with Crippen LogP contribution in [0.25, 0.3) is 10.9 Å². The summed E-state index contributed by atoms with van der Waals surface area (Å²) in [6.07, 6.45) is 2.52. The van der Waals surface area contributed by atoms with Crippen LogP contribution in [-0.4, -0.2) is 16.1 Å². The van der Waals surface area contributed by atoms with Crippen LogP contribution in [0.1, 0.15) is 16.3 Å². The molecule has 0 aliphatic carbocycles. The zero-order chi connectivity index (χ0) is 11.7. The molecule has 84 valence electrons. The number of fused-ring (bicyclic) bond motifs is 1. The molecule has 0 aliphatic rings. The lowest BCUT2D eigenvalue weighted by Gasteiger charge is -2.00. The first-order valence-corrected chi connectivity index (χ1v) is 5.31. The standard InChI is InChI=1S/C13H10N2O2/c16-9-12-6-5-11(17-12)8-15-13-4-2-1-3-10(13)7-14-15/h1-7,9H,8H2. The molecule has 3 rings (SSSR count). The van der Waals surface area contributed by atoms with E-state index < -0.39 is 0 Å². The second-order valence-corrected chi connectivity index (χ2v) is 3.78. The third kappa shape index (κ3) is 1.73. The predicted octanol–water partition coefficient (Wildman–Crippen LogP) is 2.49. The van der Waals surface area contributed by atoms with Gasteiger partial charge in [0.1, 0.15) is 5.76 Å². The van der Waals surface area contributed by atoms with Crippen LogP contribution in [0.5, 0.6) is 0 Å². The van der Waals surface area contributed by atoms with Gasteiger partial charge < -0.3 is 4.42 Å². The Morgan fingerprint density at radius 1 is 1.24 bits per heavy atom. The Morgan fingerprint density at radius 3 is 2.94 bits per heavy atom. The van der Waals surface area contributed by atoms with Crippen LogP contribution in [0, 0.1) is 0 Å². The van der Waals surface area contributed by atoms with Crippen molar-refractivity contribution < 1.29 is 9.21 Å². The van der Waals surface area contributed by atoms with Gasteiger partial charge in [0, 0.05) is 5.39 Å². The van der Waals surface area contributed by atoms with Crippen molar-refractivity contribution in [1.29, 1.82) is 0 Å². The third-order valence-corrected chi connectivity index (χ3v) is 2.66. The molecule has 2 aromatic heterocycles. The highest BCUT2D eigenvalue weighted by atomic mass is 16.3. The van der Waals surface area contributed by atoms with Gasteiger partial charge in [0.25, 0.3) is 0 Å². The summed E-state index contributed by atoms with van der Waals surface area (Å²) < 4.78 is 7.18. The van der Waals surface area contributed by atoms with Crippen molar-refractivity contribution in [2.24, 2.45) is 0 Å². The molecule has 2 heterocycles. The van der Waals surface area contributed by atoms with Crippen LogP contribution in [0.2, 0.25) is 0 Å². The van der Waals surface area contributed by atoms with Crippen molar-refractivity contribution in [3.05, 3.63) is 54.1 Å². The highest BCUT2D eigenvalue weighted by Crippen LogP contribution is 2.15. The van der Waals surface area contributed by atoms with Crippen LogP contribution in [0.15, 0.2) is 47.0 Å². The minimum atomic E-state index is 0.344. The number of nitrogens with zero attached hydrogens (tertiary/aromatic N) is 2. The minimum absolute atomic E-state index is 0.344. The SMILES string of the molecule is O=Cc1ccc(Cn2ncc3ccccc32)o1. The first kappa shape index (κ1) is 9.84. The zero-order valence-corrected chi connectivity index (χ0v) is 9.04. The quantitative estimate of drug-likeness (QED) is 0.644. The maximum atomic E-state index is 10.5. The molecule has 0 bridgehead atoms. The monoisotopic (exact) mass is 226 g/mol. The Morgan fingerprint density at radius 2 is 2.12 bits per heavy atom. The number of para-hydroxylation sites is 1. The highest BCUT2D eigenvalue weighted by molar-refractivity contribution is 5.78. The molecule has 0 saturated carbocycles. The summed E-state index contributed by atoms with van der Waals surface area (Å²) in [5, 5.41) is 5.39. The molecule has 3 aromatic rings. The summed E-state index contributed by atoms with van der Waals surface area (Å²) in [6.45, 7) is 0.529. The molecule has 0 N–H and O–H groups in total. The average Bonchev–Trinajstić information content (AvgIpc) is 2.97. The van der Waals surface area contributed by atoms with Gasteiger partial charge in [-0.25, -0.2) is 0 Å². The maximum Gasteiger partial charge on any atom is 0.185 e. The summed E-state index contributed by atoms with van der Waals surface area (Å²) in [5.74, 6) is 1.07. The molecule has 1 aromatic carbocycles. The smallest absolute Gasteiger partial charge is 0.185 e. The fraction of sp³-hybridized carbons (Fsp3) is 0.0769. The second-order valence-electron chi connectivity index (χ2n) is 3.78. The van der Waals surface area contributed by atoms with E-state index in [-0.39, 0.29) is 0 Å². The van der Waals surface area contributed by atoms with E-state index in [1.807, 2.05) is 35.1 Å². The number of hydrogen-bond acceptors (Lipinski definition) is 3. The van der Waals surface area contributed by atoms with Gasteiger partial charge in [-0.15, -0.1) is 0 Å². The molecule has 0 amide bonds. The Bertz CT molecular complexity index is 667. The van der Waals surface area contributed by atoms with Gasteiger partial charge in [0.05, 0.1) is 18.3 Å². The number of carbonyl (C=O) groups excluding carboxylic acids is 1. The lowest BCUT2D eigenvalue weighted by molar-refractivity contribution is 0.109. The van der Waals surface area contributed by atoms with E-state index >= 15 is 0 Å². The Kier molecular flexibility index (Phi) is 2.26. The van der Waals surface area contributed by atoms with Crippen molar-refractivity contribution in [3.63, 3.8) is 0 Å². The van der Waals surface area contributed by atoms with Crippen LogP contribution in [0.3, 0.4) is 0 Å². The van der Waals surface area contributed by atoms with E-state index in [4.69, 9.17) is 4.42 Å². The summed E-state index contributed by atoms with van der Waals surface area (Å²) in [7, 11) is 0. The minimum Gasteiger partial charge on any atom is -0.456 e. The van der Waals surface area contributed by atoms with Gasteiger partial charge in [0.2, 0.25) is 0 Å². The van der Waals surface area contributed by atoms with Crippen LogP contribution in [0.4, 0.5) is 0 Å². The number of furan rings is 1. The van der Waals surface area contributed by atoms with Gasteiger partial charge in [0.15, 0.2) is 12.0 Å². The van der Waals surface area contributed by atoms with Gasteiger partial charge in [-0.2, -0.15) is 5.10 Å².